The average Bonchev–Trinajstić information content (AvgIpc) is 3.36. The number of carbonyl (C=O) groups is 1. The quantitative estimate of drug-likeness (QED) is 0.281. The number of carbonyl (C=O) groups excluding carboxylic acids is 1. The molecule has 0 aliphatic carbocycles. The van der Waals surface area contributed by atoms with Crippen LogP contribution in [-0.2, 0) is 24.5 Å². The smallest absolute Gasteiger partial charge is 0.245 e. The lowest BCUT2D eigenvalue weighted by Gasteiger charge is -2.25. The molecule has 1 aromatic heterocycles. The third kappa shape index (κ3) is 5.80. The topological polar surface area (TPSA) is 42.7 Å². The molecule has 4 rings (SSSR count). The summed E-state index contributed by atoms with van der Waals surface area (Å²) in [7, 11) is 0. The fourth-order valence-electron chi connectivity index (χ4n) is 3.42. The van der Waals surface area contributed by atoms with Gasteiger partial charge in [0.25, 0.3) is 0 Å². The third-order valence-corrected chi connectivity index (χ3v) is 5.51. The molecule has 1 unspecified atom stereocenters. The molecule has 0 radical (unpaired) electrons. The van der Waals surface area contributed by atoms with Crippen LogP contribution in [0.1, 0.15) is 27.8 Å². The van der Waals surface area contributed by atoms with E-state index in [4.69, 9.17) is 20.8 Å². The van der Waals surface area contributed by atoms with Crippen LogP contribution < -0.4 is 4.74 Å². The van der Waals surface area contributed by atoms with E-state index in [1.54, 1.807) is 11.2 Å². The minimum atomic E-state index is -0.774. The molecule has 0 N–H and O–H groups in total. The van der Waals surface area contributed by atoms with E-state index in [9.17, 15) is 4.79 Å². The van der Waals surface area contributed by atoms with Crippen LogP contribution in [0.3, 0.4) is 0 Å². The van der Waals surface area contributed by atoms with Crippen molar-refractivity contribution in [1.82, 2.24) is 4.90 Å². The molecule has 0 aliphatic rings. The van der Waals surface area contributed by atoms with E-state index >= 15 is 0 Å². The molecule has 0 saturated heterocycles. The number of hydrogen-bond donors (Lipinski definition) is 0. The largest absolute Gasteiger partial charge is 0.489 e. The number of benzene rings is 3. The first kappa shape index (κ1) is 21.7. The number of rotatable bonds is 9. The van der Waals surface area contributed by atoms with Gasteiger partial charge in [-0.2, -0.15) is 0 Å². The van der Waals surface area contributed by atoms with Gasteiger partial charge in [0.2, 0.25) is 5.91 Å². The number of halogens is 1. The predicted molar refractivity (Wildman–Crippen MR) is 125 cm³/mol. The zero-order valence-electron chi connectivity index (χ0n) is 17.6. The van der Waals surface area contributed by atoms with Crippen LogP contribution in [0.15, 0.2) is 108 Å². The summed E-state index contributed by atoms with van der Waals surface area (Å²) < 4.78 is 11.4. The fourth-order valence-corrected chi connectivity index (χ4v) is 3.71. The number of alkyl halides is 1. The maximum absolute atomic E-state index is 13.3. The monoisotopic (exact) mass is 445 g/mol. The average molecular weight is 446 g/mol. The van der Waals surface area contributed by atoms with Crippen LogP contribution in [0, 0.1) is 0 Å². The first-order chi connectivity index (χ1) is 15.7. The number of ether oxygens (including phenoxy) is 1. The van der Waals surface area contributed by atoms with Crippen LogP contribution in [0.2, 0.25) is 0 Å². The van der Waals surface area contributed by atoms with Crippen molar-refractivity contribution >= 4 is 17.5 Å². The summed E-state index contributed by atoms with van der Waals surface area (Å²) in [6.45, 7) is 1.20. The van der Waals surface area contributed by atoms with E-state index < -0.39 is 5.38 Å². The fraction of sp³-hybridized carbons (Fsp3) is 0.148. The molecule has 0 bridgehead atoms. The van der Waals surface area contributed by atoms with Gasteiger partial charge in [0.1, 0.15) is 23.5 Å². The van der Waals surface area contributed by atoms with Crippen molar-refractivity contribution in [3.8, 4) is 5.75 Å². The van der Waals surface area contributed by atoms with Gasteiger partial charge in [-0.1, -0.05) is 72.8 Å². The van der Waals surface area contributed by atoms with Gasteiger partial charge in [-0.05, 0) is 41.0 Å². The van der Waals surface area contributed by atoms with Crippen molar-refractivity contribution in [1.29, 1.82) is 0 Å². The van der Waals surface area contributed by atoms with E-state index in [1.165, 1.54) is 0 Å². The minimum absolute atomic E-state index is 0.176. The molecule has 4 aromatic rings. The Morgan fingerprint density at radius 3 is 2.28 bits per heavy atom. The van der Waals surface area contributed by atoms with Crippen molar-refractivity contribution < 1.29 is 13.9 Å². The molecular formula is C27H24ClNO3. The number of furan rings is 1. The van der Waals surface area contributed by atoms with Gasteiger partial charge >= 0.3 is 0 Å². The lowest BCUT2D eigenvalue weighted by atomic mass is 10.1. The highest BCUT2D eigenvalue weighted by molar-refractivity contribution is 6.30. The molecule has 32 heavy (non-hydrogen) atoms. The highest BCUT2D eigenvalue weighted by Crippen LogP contribution is 2.26. The predicted octanol–water partition coefficient (Wildman–Crippen LogP) is 6.37. The summed E-state index contributed by atoms with van der Waals surface area (Å²) in [6.07, 6.45) is 1.60. The molecule has 1 heterocycles. The van der Waals surface area contributed by atoms with Crippen molar-refractivity contribution in [2.24, 2.45) is 0 Å². The van der Waals surface area contributed by atoms with Gasteiger partial charge in [0, 0.05) is 6.54 Å². The molecule has 162 valence electrons. The van der Waals surface area contributed by atoms with E-state index in [-0.39, 0.29) is 5.91 Å². The molecule has 0 aliphatic heterocycles. The molecule has 3 aromatic carbocycles. The van der Waals surface area contributed by atoms with Crippen LogP contribution in [0.4, 0.5) is 0 Å². The van der Waals surface area contributed by atoms with Crippen molar-refractivity contribution in [3.63, 3.8) is 0 Å². The first-order valence-corrected chi connectivity index (χ1v) is 10.9. The summed E-state index contributed by atoms with van der Waals surface area (Å²) in [6, 6.07) is 30.8. The summed E-state index contributed by atoms with van der Waals surface area (Å²) >= 11 is 6.56. The zero-order valence-corrected chi connectivity index (χ0v) is 18.3. The van der Waals surface area contributed by atoms with Gasteiger partial charge in [0.05, 0.1) is 12.8 Å². The van der Waals surface area contributed by atoms with Gasteiger partial charge in [-0.3, -0.25) is 4.79 Å². The Morgan fingerprint density at radius 1 is 0.844 bits per heavy atom. The van der Waals surface area contributed by atoms with E-state index in [2.05, 4.69) is 0 Å². The lowest BCUT2D eigenvalue weighted by molar-refractivity contribution is -0.132. The molecule has 0 spiro atoms. The van der Waals surface area contributed by atoms with Crippen molar-refractivity contribution in [3.05, 3.63) is 126 Å². The number of nitrogens with zero attached hydrogens (tertiary/aromatic N) is 1. The van der Waals surface area contributed by atoms with Crippen molar-refractivity contribution in [2.75, 3.05) is 0 Å². The van der Waals surface area contributed by atoms with E-state index in [0.717, 1.165) is 22.4 Å². The standard InChI is InChI=1S/C27H24ClNO3/c28-26(23-12-5-2-6-13-23)27(30)29(19-25-15-8-16-31-25)18-22-11-7-14-24(17-22)32-20-21-9-3-1-4-10-21/h1-17,26H,18-20H2. The van der Waals surface area contributed by atoms with Crippen LogP contribution >= 0.6 is 11.6 Å². The first-order valence-electron chi connectivity index (χ1n) is 10.4. The molecule has 5 heteroatoms. The molecule has 1 atom stereocenters. The van der Waals surface area contributed by atoms with E-state index in [0.29, 0.717) is 25.5 Å². The summed E-state index contributed by atoms with van der Waals surface area (Å²) in [4.78, 5) is 15.0. The van der Waals surface area contributed by atoms with Gasteiger partial charge < -0.3 is 14.1 Å². The second-order valence-electron chi connectivity index (χ2n) is 7.47. The van der Waals surface area contributed by atoms with Gasteiger partial charge in [-0.15, -0.1) is 11.6 Å². The molecule has 0 saturated carbocycles. The van der Waals surface area contributed by atoms with Gasteiger partial charge in [-0.25, -0.2) is 0 Å². The summed E-state index contributed by atoms with van der Waals surface area (Å²) in [5.41, 5.74) is 2.82. The minimum Gasteiger partial charge on any atom is -0.489 e. The Hall–Kier alpha value is -3.50. The maximum Gasteiger partial charge on any atom is 0.245 e. The summed E-state index contributed by atoms with van der Waals surface area (Å²) in [5.74, 6) is 1.28. The normalized spacial score (nSPS) is 11.7. The molecule has 1 amide bonds. The number of hydrogen-bond acceptors (Lipinski definition) is 3. The Morgan fingerprint density at radius 2 is 1.56 bits per heavy atom. The highest BCUT2D eigenvalue weighted by atomic mass is 35.5. The molecule has 4 nitrogen and oxygen atoms in total. The maximum atomic E-state index is 13.3. The Kier molecular flexibility index (Phi) is 7.26. The molecular weight excluding hydrogens is 422 g/mol. The third-order valence-electron chi connectivity index (χ3n) is 5.07. The second kappa shape index (κ2) is 10.7. The lowest BCUT2D eigenvalue weighted by Crippen LogP contribution is -2.32. The second-order valence-corrected chi connectivity index (χ2v) is 7.91. The van der Waals surface area contributed by atoms with Crippen LogP contribution in [-0.4, -0.2) is 10.8 Å². The highest BCUT2D eigenvalue weighted by Gasteiger charge is 2.25. The Balaban J connectivity index is 1.49. The summed E-state index contributed by atoms with van der Waals surface area (Å²) in [5, 5.41) is -0.774. The van der Waals surface area contributed by atoms with Gasteiger partial charge in [0.15, 0.2) is 0 Å². The van der Waals surface area contributed by atoms with Crippen LogP contribution in [0.5, 0.6) is 5.75 Å². The van der Waals surface area contributed by atoms with Crippen LogP contribution in [0.25, 0.3) is 0 Å². The zero-order chi connectivity index (χ0) is 22.2. The molecule has 0 fully saturated rings. The number of amides is 1. The Bertz CT molecular complexity index is 1110. The Labute approximate surface area is 193 Å². The van der Waals surface area contributed by atoms with E-state index in [1.807, 2.05) is 97.1 Å². The van der Waals surface area contributed by atoms with Crippen molar-refractivity contribution in [2.45, 2.75) is 25.1 Å². The SMILES string of the molecule is O=C(C(Cl)c1ccccc1)N(Cc1cccc(OCc2ccccc2)c1)Cc1ccco1.